The second kappa shape index (κ2) is 14.0. The molecular weight excluding hydrogens is 558 g/mol. The van der Waals surface area contributed by atoms with Gasteiger partial charge in [-0.1, -0.05) is 6.92 Å². The van der Waals surface area contributed by atoms with Crippen LogP contribution in [-0.4, -0.2) is 50.9 Å². The lowest BCUT2D eigenvalue weighted by Gasteiger charge is -2.18. The third-order valence-corrected chi connectivity index (χ3v) is 7.98. The average Bonchev–Trinajstić information content (AvgIpc) is 3.34. The van der Waals surface area contributed by atoms with Crippen molar-refractivity contribution in [2.75, 3.05) is 26.1 Å². The highest BCUT2D eigenvalue weighted by Gasteiger charge is 2.29. The molecule has 1 heterocycles. The molecule has 42 heavy (non-hydrogen) atoms. The van der Waals surface area contributed by atoms with Crippen molar-refractivity contribution < 1.29 is 33.3 Å². The van der Waals surface area contributed by atoms with Gasteiger partial charge in [-0.2, -0.15) is 5.10 Å². The summed E-state index contributed by atoms with van der Waals surface area (Å²) in [6, 6.07) is 11.7. The van der Waals surface area contributed by atoms with Gasteiger partial charge in [0, 0.05) is 10.4 Å². The molecule has 4 rings (SSSR count). The summed E-state index contributed by atoms with van der Waals surface area (Å²) in [4.78, 5) is 39.4. The van der Waals surface area contributed by atoms with Crippen LogP contribution >= 0.6 is 11.3 Å². The summed E-state index contributed by atoms with van der Waals surface area (Å²) in [5, 5.41) is 7.41. The number of amides is 2. The highest BCUT2D eigenvalue weighted by molar-refractivity contribution is 7.17. The van der Waals surface area contributed by atoms with Gasteiger partial charge in [0.25, 0.3) is 11.8 Å². The number of hydrogen-bond acceptors (Lipinski definition) is 9. The topological polar surface area (TPSA) is 125 Å². The second-order valence-corrected chi connectivity index (χ2v) is 11.0. The Labute approximate surface area is 249 Å². The number of esters is 1. The zero-order valence-electron chi connectivity index (χ0n) is 24.3. The number of carbonyl (C=O) groups excluding carboxylic acids is 3. The third kappa shape index (κ3) is 7.27. The van der Waals surface area contributed by atoms with E-state index in [9.17, 15) is 14.4 Å². The Bertz CT molecular complexity index is 1470. The van der Waals surface area contributed by atoms with E-state index in [2.05, 4.69) is 22.8 Å². The Morgan fingerprint density at radius 1 is 1.10 bits per heavy atom. The van der Waals surface area contributed by atoms with Gasteiger partial charge in [0.05, 0.1) is 32.6 Å². The molecule has 11 heteroatoms. The molecule has 10 nitrogen and oxygen atoms in total. The number of carbonyl (C=O) groups is 3. The lowest BCUT2D eigenvalue weighted by atomic mass is 9.88. The third-order valence-electron chi connectivity index (χ3n) is 6.81. The number of hydrazone groups is 1. The molecule has 1 aliphatic carbocycles. The summed E-state index contributed by atoms with van der Waals surface area (Å²) in [6.07, 6.45) is 3.29. The molecule has 0 unspecified atom stereocenters. The highest BCUT2D eigenvalue weighted by Crippen LogP contribution is 2.40. The van der Waals surface area contributed by atoms with Crippen molar-refractivity contribution in [3.63, 3.8) is 0 Å². The van der Waals surface area contributed by atoms with Crippen molar-refractivity contribution in [1.82, 2.24) is 5.43 Å². The molecule has 0 bridgehead atoms. The molecular formula is C31H35N3O7S. The number of methoxy groups -OCH3 is 2. The highest BCUT2D eigenvalue weighted by atomic mass is 32.1. The number of nitrogens with one attached hydrogen (secondary N) is 2. The van der Waals surface area contributed by atoms with Gasteiger partial charge in [0.2, 0.25) is 0 Å². The summed E-state index contributed by atoms with van der Waals surface area (Å²) >= 11 is 1.44. The largest absolute Gasteiger partial charge is 0.493 e. The molecule has 0 aliphatic heterocycles. The molecule has 1 aliphatic rings. The minimum atomic E-state index is -0.848. The molecule has 0 saturated heterocycles. The van der Waals surface area contributed by atoms with Gasteiger partial charge >= 0.3 is 5.97 Å². The van der Waals surface area contributed by atoms with E-state index in [4.69, 9.17) is 18.9 Å². The number of fused-ring (bicyclic) bond motifs is 1. The van der Waals surface area contributed by atoms with Crippen LogP contribution in [0.4, 0.5) is 5.00 Å². The molecule has 0 saturated carbocycles. The Morgan fingerprint density at radius 3 is 2.52 bits per heavy atom. The van der Waals surface area contributed by atoms with E-state index >= 15 is 0 Å². The van der Waals surface area contributed by atoms with E-state index in [1.54, 1.807) is 63.4 Å². The first-order chi connectivity index (χ1) is 20.2. The van der Waals surface area contributed by atoms with E-state index in [0.29, 0.717) is 44.9 Å². The number of rotatable bonds is 11. The SMILES string of the molecule is CCOC(=O)c1c(NC(=O)c2ccc(O[C@H](C)C(=O)N/N=C\c3ccc(OC)c(OC)c3)cc2)sc2c1CC[C@H](C)C2. The number of thiophene rings is 1. The van der Waals surface area contributed by atoms with Crippen molar-refractivity contribution in [3.8, 4) is 17.2 Å². The van der Waals surface area contributed by atoms with E-state index in [0.717, 1.165) is 29.7 Å². The Morgan fingerprint density at radius 2 is 1.83 bits per heavy atom. The van der Waals surface area contributed by atoms with Crippen LogP contribution in [0.3, 0.4) is 0 Å². The molecule has 2 aromatic carbocycles. The van der Waals surface area contributed by atoms with Crippen molar-refractivity contribution in [2.24, 2.45) is 11.0 Å². The fourth-order valence-electron chi connectivity index (χ4n) is 4.57. The number of benzene rings is 2. The zero-order valence-corrected chi connectivity index (χ0v) is 25.1. The lowest BCUT2D eigenvalue weighted by Crippen LogP contribution is -2.33. The van der Waals surface area contributed by atoms with Gasteiger partial charge in [-0.15, -0.1) is 11.3 Å². The monoisotopic (exact) mass is 593 g/mol. The molecule has 3 aromatic rings. The van der Waals surface area contributed by atoms with Crippen LogP contribution in [0.1, 0.15) is 63.9 Å². The van der Waals surface area contributed by atoms with E-state index in [1.807, 2.05) is 0 Å². The second-order valence-electron chi connectivity index (χ2n) is 9.86. The maximum absolute atomic E-state index is 13.1. The predicted molar refractivity (Wildman–Crippen MR) is 161 cm³/mol. The summed E-state index contributed by atoms with van der Waals surface area (Å²) < 4.78 is 21.5. The van der Waals surface area contributed by atoms with Crippen LogP contribution in [0, 0.1) is 5.92 Å². The number of hydrogen-bond donors (Lipinski definition) is 2. The molecule has 0 spiro atoms. The van der Waals surface area contributed by atoms with Crippen molar-refractivity contribution in [1.29, 1.82) is 0 Å². The van der Waals surface area contributed by atoms with Crippen molar-refractivity contribution in [2.45, 2.75) is 46.1 Å². The van der Waals surface area contributed by atoms with Gasteiger partial charge in [-0.3, -0.25) is 9.59 Å². The first kappa shape index (κ1) is 30.6. The lowest BCUT2D eigenvalue weighted by molar-refractivity contribution is -0.127. The van der Waals surface area contributed by atoms with Gasteiger partial charge in [-0.25, -0.2) is 10.2 Å². The quantitative estimate of drug-likeness (QED) is 0.177. The molecule has 2 N–H and O–H groups in total. The average molecular weight is 594 g/mol. The molecule has 0 fully saturated rings. The number of nitrogens with zero attached hydrogens (tertiary/aromatic N) is 1. The molecule has 2 amide bonds. The van der Waals surface area contributed by atoms with Gasteiger partial charge in [0.1, 0.15) is 10.8 Å². The molecule has 0 radical (unpaired) electrons. The maximum Gasteiger partial charge on any atom is 0.341 e. The van der Waals surface area contributed by atoms with Crippen LogP contribution in [0.25, 0.3) is 0 Å². The normalized spacial score (nSPS) is 14.9. The van der Waals surface area contributed by atoms with Crippen molar-refractivity contribution >= 4 is 40.3 Å². The van der Waals surface area contributed by atoms with Crippen LogP contribution in [-0.2, 0) is 22.4 Å². The Balaban J connectivity index is 1.36. The van der Waals surface area contributed by atoms with Crippen LogP contribution in [0.15, 0.2) is 47.6 Å². The fourth-order valence-corrected chi connectivity index (χ4v) is 5.96. The van der Waals surface area contributed by atoms with Crippen LogP contribution in [0.5, 0.6) is 17.2 Å². The first-order valence-corrected chi connectivity index (χ1v) is 14.5. The van der Waals surface area contributed by atoms with Crippen LogP contribution in [0.2, 0.25) is 0 Å². The standard InChI is InChI=1S/C31H35N3O7S/c1-6-40-31(37)27-23-13-7-18(2)15-26(23)42-30(27)33-29(36)21-9-11-22(12-10-21)41-19(3)28(35)34-32-17-20-8-14-24(38-4)25(16-20)39-5/h8-12,14,16-19H,6-7,13,15H2,1-5H3,(H,33,36)(H,34,35)/b32-17-/t18-,19+/m0/s1. The van der Waals surface area contributed by atoms with E-state index < -0.39 is 18.0 Å². The Hall–Kier alpha value is -4.38. The minimum Gasteiger partial charge on any atom is -0.493 e. The summed E-state index contributed by atoms with van der Waals surface area (Å²) in [5.74, 6) is 0.853. The van der Waals surface area contributed by atoms with Crippen LogP contribution < -0.4 is 25.0 Å². The Kier molecular flexibility index (Phi) is 10.2. The molecule has 222 valence electrons. The summed E-state index contributed by atoms with van der Waals surface area (Å²) in [7, 11) is 3.09. The molecule has 1 aromatic heterocycles. The molecule has 2 atom stereocenters. The van der Waals surface area contributed by atoms with Gasteiger partial charge < -0.3 is 24.3 Å². The van der Waals surface area contributed by atoms with E-state index in [1.165, 1.54) is 24.7 Å². The number of ether oxygens (including phenoxy) is 4. The maximum atomic E-state index is 13.1. The number of anilines is 1. The zero-order chi connectivity index (χ0) is 30.2. The predicted octanol–water partition coefficient (Wildman–Crippen LogP) is 5.24. The van der Waals surface area contributed by atoms with Crippen molar-refractivity contribution in [3.05, 3.63) is 69.6 Å². The summed E-state index contributed by atoms with van der Waals surface area (Å²) in [6.45, 7) is 5.80. The van der Waals surface area contributed by atoms with E-state index in [-0.39, 0.29) is 12.5 Å². The minimum absolute atomic E-state index is 0.259. The van der Waals surface area contributed by atoms with Gasteiger partial charge in [-0.05, 0) is 92.6 Å². The summed E-state index contributed by atoms with van der Waals surface area (Å²) in [5.41, 5.74) is 4.99. The smallest absolute Gasteiger partial charge is 0.341 e. The first-order valence-electron chi connectivity index (χ1n) is 13.7. The fraction of sp³-hybridized carbons (Fsp3) is 0.355. The van der Waals surface area contributed by atoms with Gasteiger partial charge in [0.15, 0.2) is 17.6 Å².